The van der Waals surface area contributed by atoms with E-state index in [9.17, 15) is 14.4 Å². The first-order valence-corrected chi connectivity index (χ1v) is 11.9. The van der Waals surface area contributed by atoms with Crippen LogP contribution in [0.15, 0.2) is 42.5 Å². The van der Waals surface area contributed by atoms with Gasteiger partial charge < -0.3 is 15.4 Å². The molecule has 0 heterocycles. The molecule has 0 bridgehead atoms. The number of nitrogens with one attached hydrogen (secondary N) is 2. The van der Waals surface area contributed by atoms with Crippen LogP contribution in [0.25, 0.3) is 0 Å². The largest absolute Gasteiger partial charge is 0.460 e. The molecule has 2 atom stereocenters. The second-order valence-electron chi connectivity index (χ2n) is 10.4. The molecule has 6 nitrogen and oxygen atoms in total. The number of carbonyl (C=O) groups excluding carboxylic acids is 3. The topological polar surface area (TPSA) is 84.5 Å². The van der Waals surface area contributed by atoms with E-state index in [1.54, 1.807) is 7.05 Å². The maximum Gasteiger partial charge on any atom is 0.322 e. The Morgan fingerprint density at radius 2 is 1.73 bits per heavy atom. The van der Waals surface area contributed by atoms with Crippen molar-refractivity contribution < 1.29 is 19.1 Å². The van der Waals surface area contributed by atoms with E-state index in [4.69, 9.17) is 4.74 Å². The SMILES string of the molecule is C=C(C)CC[C@](C(=O)NC(C(=O)NC)C(C)(C)C)(C(=O)OCc1ccccc1)C1CCCC1. The van der Waals surface area contributed by atoms with Crippen molar-refractivity contribution in [2.45, 2.75) is 78.9 Å². The average molecular weight is 457 g/mol. The van der Waals surface area contributed by atoms with E-state index in [2.05, 4.69) is 17.2 Å². The van der Waals surface area contributed by atoms with Gasteiger partial charge >= 0.3 is 5.97 Å². The fraction of sp³-hybridized carbons (Fsp3) is 0.593. The second-order valence-corrected chi connectivity index (χ2v) is 10.4. The Morgan fingerprint density at radius 1 is 1.12 bits per heavy atom. The molecule has 0 saturated heterocycles. The van der Waals surface area contributed by atoms with Crippen molar-refractivity contribution in [3.05, 3.63) is 48.0 Å². The Kier molecular flexibility index (Phi) is 9.26. The molecule has 2 rings (SSSR count). The summed E-state index contributed by atoms with van der Waals surface area (Å²) < 4.78 is 5.78. The molecule has 0 aromatic heterocycles. The molecule has 0 spiro atoms. The number of rotatable bonds is 10. The van der Waals surface area contributed by atoms with Crippen molar-refractivity contribution in [3.8, 4) is 0 Å². The zero-order chi connectivity index (χ0) is 24.6. The van der Waals surface area contributed by atoms with Gasteiger partial charge in [0.1, 0.15) is 18.1 Å². The van der Waals surface area contributed by atoms with E-state index in [1.165, 1.54) is 0 Å². The Labute approximate surface area is 198 Å². The van der Waals surface area contributed by atoms with Crippen LogP contribution in [-0.4, -0.2) is 30.9 Å². The fourth-order valence-electron chi connectivity index (χ4n) is 4.63. The molecule has 1 unspecified atom stereocenters. The van der Waals surface area contributed by atoms with Crippen molar-refractivity contribution in [1.82, 2.24) is 10.6 Å². The first kappa shape index (κ1) is 26.6. The van der Waals surface area contributed by atoms with Crippen molar-refractivity contribution in [1.29, 1.82) is 0 Å². The molecule has 182 valence electrons. The average Bonchev–Trinajstić information content (AvgIpc) is 3.31. The molecule has 2 N–H and O–H groups in total. The Bertz CT molecular complexity index is 837. The smallest absolute Gasteiger partial charge is 0.322 e. The van der Waals surface area contributed by atoms with E-state index in [1.807, 2.05) is 58.0 Å². The molecule has 1 aromatic rings. The van der Waals surface area contributed by atoms with Gasteiger partial charge in [0.05, 0.1) is 0 Å². The van der Waals surface area contributed by atoms with Gasteiger partial charge in [-0.25, -0.2) is 0 Å². The van der Waals surface area contributed by atoms with Crippen LogP contribution in [0.5, 0.6) is 0 Å². The summed E-state index contributed by atoms with van der Waals surface area (Å²) in [6.07, 6.45) is 4.35. The fourth-order valence-corrected chi connectivity index (χ4v) is 4.63. The number of benzene rings is 1. The van der Waals surface area contributed by atoms with Gasteiger partial charge in [0, 0.05) is 7.05 Å². The first-order valence-electron chi connectivity index (χ1n) is 11.9. The van der Waals surface area contributed by atoms with Crippen LogP contribution in [0.2, 0.25) is 0 Å². The van der Waals surface area contributed by atoms with Gasteiger partial charge in [-0.3, -0.25) is 14.4 Å². The zero-order valence-corrected chi connectivity index (χ0v) is 20.8. The predicted octanol–water partition coefficient (Wildman–Crippen LogP) is 4.54. The molecular weight excluding hydrogens is 416 g/mol. The number of allylic oxidation sites excluding steroid dienone is 1. The van der Waals surface area contributed by atoms with Crippen LogP contribution in [0.4, 0.5) is 0 Å². The summed E-state index contributed by atoms with van der Waals surface area (Å²) in [5.74, 6) is -1.35. The van der Waals surface area contributed by atoms with E-state index < -0.39 is 28.7 Å². The van der Waals surface area contributed by atoms with Crippen molar-refractivity contribution in [2.75, 3.05) is 7.05 Å². The Morgan fingerprint density at radius 3 is 2.24 bits per heavy atom. The minimum atomic E-state index is -1.36. The number of esters is 1. The quantitative estimate of drug-likeness (QED) is 0.308. The first-order chi connectivity index (χ1) is 15.5. The van der Waals surface area contributed by atoms with Gasteiger partial charge in [-0.2, -0.15) is 0 Å². The van der Waals surface area contributed by atoms with Crippen LogP contribution < -0.4 is 10.6 Å². The molecule has 6 heteroatoms. The summed E-state index contributed by atoms with van der Waals surface area (Å²) in [5.41, 5.74) is -0.120. The number of ether oxygens (including phenoxy) is 1. The van der Waals surface area contributed by atoms with Gasteiger partial charge in [0.15, 0.2) is 0 Å². The monoisotopic (exact) mass is 456 g/mol. The maximum atomic E-state index is 14.0. The lowest BCUT2D eigenvalue weighted by molar-refractivity contribution is -0.168. The molecule has 0 radical (unpaired) electrons. The molecule has 1 fully saturated rings. The molecule has 1 aliphatic rings. The molecule has 33 heavy (non-hydrogen) atoms. The third-order valence-corrected chi connectivity index (χ3v) is 6.63. The summed E-state index contributed by atoms with van der Waals surface area (Å²) in [5, 5.41) is 5.59. The van der Waals surface area contributed by atoms with Gasteiger partial charge in [-0.05, 0) is 49.5 Å². The van der Waals surface area contributed by atoms with Crippen molar-refractivity contribution in [3.63, 3.8) is 0 Å². The summed E-state index contributed by atoms with van der Waals surface area (Å²) in [7, 11) is 1.55. The van der Waals surface area contributed by atoms with Crippen molar-refractivity contribution in [2.24, 2.45) is 16.7 Å². The Balaban J connectivity index is 2.43. The lowest BCUT2D eigenvalue weighted by Crippen LogP contribution is -2.59. The number of hydrogen-bond acceptors (Lipinski definition) is 4. The van der Waals surface area contributed by atoms with Gasteiger partial charge in [-0.15, -0.1) is 6.58 Å². The van der Waals surface area contributed by atoms with Crippen LogP contribution in [0, 0.1) is 16.7 Å². The van der Waals surface area contributed by atoms with E-state index in [0.29, 0.717) is 12.8 Å². The summed E-state index contributed by atoms with van der Waals surface area (Å²) in [4.78, 5) is 40.3. The van der Waals surface area contributed by atoms with Gasteiger partial charge in [0.25, 0.3) is 0 Å². The highest BCUT2D eigenvalue weighted by molar-refractivity contribution is 6.04. The third-order valence-electron chi connectivity index (χ3n) is 6.63. The minimum Gasteiger partial charge on any atom is -0.460 e. The molecule has 0 aliphatic heterocycles. The van der Waals surface area contributed by atoms with Crippen LogP contribution in [0.3, 0.4) is 0 Å². The van der Waals surface area contributed by atoms with E-state index in [0.717, 1.165) is 36.8 Å². The third kappa shape index (κ3) is 6.68. The normalized spacial score (nSPS) is 17.0. The second kappa shape index (κ2) is 11.5. The number of amides is 2. The zero-order valence-electron chi connectivity index (χ0n) is 20.8. The summed E-state index contributed by atoms with van der Waals surface area (Å²) >= 11 is 0. The van der Waals surface area contributed by atoms with Crippen LogP contribution >= 0.6 is 0 Å². The van der Waals surface area contributed by atoms with Gasteiger partial charge in [0.2, 0.25) is 11.8 Å². The molecular formula is C27H40N2O4. The molecule has 1 saturated carbocycles. The predicted molar refractivity (Wildman–Crippen MR) is 130 cm³/mol. The summed E-state index contributed by atoms with van der Waals surface area (Å²) in [6, 6.07) is 8.68. The van der Waals surface area contributed by atoms with E-state index in [-0.39, 0.29) is 18.4 Å². The molecule has 1 aliphatic carbocycles. The minimum absolute atomic E-state index is 0.104. The number of hydrogen-bond donors (Lipinski definition) is 2. The lowest BCUT2D eigenvalue weighted by atomic mass is 9.69. The van der Waals surface area contributed by atoms with Crippen LogP contribution in [-0.2, 0) is 25.7 Å². The maximum absolute atomic E-state index is 14.0. The highest BCUT2D eigenvalue weighted by Gasteiger charge is 2.54. The molecule has 1 aromatic carbocycles. The van der Waals surface area contributed by atoms with E-state index >= 15 is 0 Å². The summed E-state index contributed by atoms with van der Waals surface area (Å²) in [6.45, 7) is 11.7. The molecule has 2 amide bonds. The standard InChI is InChI=1S/C27H40N2O4/c1-19(2)16-17-27(21-14-10-11-15-21,25(32)33-18-20-12-8-7-9-13-20)24(31)29-22(23(30)28-6)26(3,4)5/h7-9,12-13,21-22H,1,10-11,14-18H2,2-6H3,(H,28,30)(H,29,31)/t22?,27-/m0/s1. The number of likely N-dealkylation sites (N-methyl/N-ethyl adjacent to an activating group) is 1. The lowest BCUT2D eigenvalue weighted by Gasteiger charge is -2.39. The van der Waals surface area contributed by atoms with Gasteiger partial charge in [-0.1, -0.05) is 69.5 Å². The van der Waals surface area contributed by atoms with Crippen LogP contribution in [0.1, 0.15) is 71.8 Å². The number of carbonyl (C=O) groups is 3. The highest BCUT2D eigenvalue weighted by Crippen LogP contribution is 2.45. The highest BCUT2D eigenvalue weighted by atomic mass is 16.5. The van der Waals surface area contributed by atoms with Crippen molar-refractivity contribution >= 4 is 17.8 Å². The Hall–Kier alpha value is -2.63.